The first-order valence-electron chi connectivity index (χ1n) is 11.4. The number of benzene rings is 4. The molecule has 0 saturated carbocycles. The third-order valence-electron chi connectivity index (χ3n) is 7.80. The van der Waals surface area contributed by atoms with Gasteiger partial charge in [-0.3, -0.25) is 0 Å². The van der Waals surface area contributed by atoms with Crippen molar-refractivity contribution in [3.8, 4) is 22.3 Å². The smallest absolute Gasteiger partial charge is 0.0679 e. The van der Waals surface area contributed by atoms with Crippen LogP contribution in [-0.4, -0.2) is 8.07 Å². The van der Waals surface area contributed by atoms with Gasteiger partial charge in [-0.05, 0) is 69.5 Å². The Morgan fingerprint density at radius 3 is 1.32 bits per heavy atom. The largest absolute Gasteiger partial charge is 0.0731 e. The molecule has 2 aliphatic rings. The van der Waals surface area contributed by atoms with Crippen LogP contribution in [0.4, 0.5) is 0 Å². The standard InChI is InChI=1S/C30H28Si/c1-19-11-9-17-25-27(19)21-13-5-7-15-23(21)29(25)31(3,4)30-24-16-8-6-14-22(24)28-20(2)12-10-18-26(28)30/h5-18,29-30H,1-4H3. The van der Waals surface area contributed by atoms with E-state index in [1.165, 1.54) is 33.4 Å². The molecule has 0 fully saturated rings. The molecule has 0 radical (unpaired) electrons. The number of hydrogen-bond donors (Lipinski definition) is 0. The van der Waals surface area contributed by atoms with Gasteiger partial charge in [-0.1, -0.05) is 98.0 Å². The summed E-state index contributed by atoms with van der Waals surface area (Å²) in [6.45, 7) is 9.81. The summed E-state index contributed by atoms with van der Waals surface area (Å²) in [6, 6.07) is 32.2. The molecule has 0 N–H and O–H groups in total. The van der Waals surface area contributed by atoms with E-state index in [0.717, 1.165) is 0 Å². The predicted molar refractivity (Wildman–Crippen MR) is 134 cm³/mol. The van der Waals surface area contributed by atoms with E-state index in [4.69, 9.17) is 0 Å². The van der Waals surface area contributed by atoms with E-state index in [1.54, 1.807) is 22.3 Å². The summed E-state index contributed by atoms with van der Waals surface area (Å²) in [4.78, 5) is 0. The molecule has 0 aromatic heterocycles. The van der Waals surface area contributed by atoms with Crippen molar-refractivity contribution in [1.29, 1.82) is 0 Å². The molecule has 2 unspecified atom stereocenters. The molecule has 152 valence electrons. The molecule has 0 aliphatic heterocycles. The molecule has 0 amide bonds. The Labute approximate surface area is 186 Å². The minimum atomic E-state index is -1.89. The van der Waals surface area contributed by atoms with Crippen LogP contribution in [0.3, 0.4) is 0 Å². The third-order valence-corrected chi connectivity index (χ3v) is 12.0. The van der Waals surface area contributed by atoms with Crippen molar-refractivity contribution < 1.29 is 0 Å². The predicted octanol–water partition coefficient (Wildman–Crippen LogP) is 8.02. The first kappa shape index (κ1) is 18.8. The minimum absolute atomic E-state index is 0.503. The second-order valence-corrected chi connectivity index (χ2v) is 14.7. The fourth-order valence-electron chi connectivity index (χ4n) is 6.66. The molecule has 2 aliphatic carbocycles. The van der Waals surface area contributed by atoms with E-state index >= 15 is 0 Å². The first-order chi connectivity index (χ1) is 15.0. The Morgan fingerprint density at radius 2 is 0.871 bits per heavy atom. The molecule has 0 nitrogen and oxygen atoms in total. The zero-order valence-electron chi connectivity index (χ0n) is 18.7. The topological polar surface area (TPSA) is 0 Å². The van der Waals surface area contributed by atoms with Crippen LogP contribution in [0.5, 0.6) is 0 Å². The highest BCUT2D eigenvalue weighted by Crippen LogP contribution is 2.58. The average molecular weight is 417 g/mol. The van der Waals surface area contributed by atoms with Crippen molar-refractivity contribution in [2.24, 2.45) is 0 Å². The normalized spacial score (nSPS) is 18.3. The molecule has 4 aromatic rings. The van der Waals surface area contributed by atoms with Gasteiger partial charge in [0.05, 0.1) is 8.07 Å². The SMILES string of the molecule is Cc1cccc2c1-c1ccccc1C2[Si](C)(C)C1c2ccccc2-c2c(C)cccc21. The Balaban J connectivity index is 1.63. The van der Waals surface area contributed by atoms with Crippen molar-refractivity contribution in [3.63, 3.8) is 0 Å². The maximum atomic E-state index is 2.63. The molecule has 1 heteroatoms. The van der Waals surface area contributed by atoms with Gasteiger partial charge in [0, 0.05) is 11.1 Å². The molecule has 4 aromatic carbocycles. The molecule has 2 atom stereocenters. The molecule has 0 heterocycles. The van der Waals surface area contributed by atoms with Crippen molar-refractivity contribution in [2.45, 2.75) is 38.0 Å². The van der Waals surface area contributed by atoms with Crippen molar-refractivity contribution in [2.75, 3.05) is 0 Å². The van der Waals surface area contributed by atoms with Gasteiger partial charge in [0.1, 0.15) is 0 Å². The molecule has 0 saturated heterocycles. The van der Waals surface area contributed by atoms with Gasteiger partial charge >= 0.3 is 0 Å². The van der Waals surface area contributed by atoms with Crippen LogP contribution in [-0.2, 0) is 0 Å². The Kier molecular flexibility index (Phi) is 3.98. The molecule has 6 rings (SSSR count). The Hall–Kier alpha value is -2.90. The number of aryl methyl sites for hydroxylation is 2. The van der Waals surface area contributed by atoms with E-state index in [-0.39, 0.29) is 0 Å². The van der Waals surface area contributed by atoms with E-state index in [9.17, 15) is 0 Å². The second-order valence-electron chi connectivity index (χ2n) is 9.94. The summed E-state index contributed by atoms with van der Waals surface area (Å²) >= 11 is 0. The van der Waals surface area contributed by atoms with Crippen molar-refractivity contribution in [1.82, 2.24) is 0 Å². The lowest BCUT2D eigenvalue weighted by Gasteiger charge is -2.38. The molecule has 31 heavy (non-hydrogen) atoms. The van der Waals surface area contributed by atoms with Gasteiger partial charge < -0.3 is 0 Å². The average Bonchev–Trinajstić information content (AvgIpc) is 3.29. The summed E-state index contributed by atoms with van der Waals surface area (Å²) < 4.78 is 0. The van der Waals surface area contributed by atoms with Gasteiger partial charge in [0.2, 0.25) is 0 Å². The molecule has 0 spiro atoms. The zero-order valence-corrected chi connectivity index (χ0v) is 19.7. The number of fused-ring (bicyclic) bond motifs is 6. The van der Waals surface area contributed by atoms with Crippen molar-refractivity contribution in [3.05, 3.63) is 118 Å². The summed E-state index contributed by atoms with van der Waals surface area (Å²) in [7, 11) is -1.89. The summed E-state index contributed by atoms with van der Waals surface area (Å²) in [6.07, 6.45) is 0. The van der Waals surface area contributed by atoms with Crippen LogP contribution in [0.1, 0.15) is 44.5 Å². The zero-order chi connectivity index (χ0) is 21.3. The maximum absolute atomic E-state index is 2.63. The quantitative estimate of drug-likeness (QED) is 0.290. The van der Waals surface area contributed by atoms with Gasteiger partial charge in [-0.25, -0.2) is 0 Å². The summed E-state index contributed by atoms with van der Waals surface area (Å²) in [5.41, 5.74) is 15.9. The van der Waals surface area contributed by atoms with E-state index in [1.807, 2.05) is 0 Å². The van der Waals surface area contributed by atoms with E-state index < -0.39 is 8.07 Å². The van der Waals surface area contributed by atoms with Gasteiger partial charge in [-0.15, -0.1) is 0 Å². The lowest BCUT2D eigenvalue weighted by molar-refractivity contribution is 1.01. The highest BCUT2D eigenvalue weighted by molar-refractivity contribution is 6.82. The summed E-state index contributed by atoms with van der Waals surface area (Å²) in [5, 5.41) is 0. The van der Waals surface area contributed by atoms with E-state index in [0.29, 0.717) is 11.1 Å². The number of rotatable bonds is 2. The van der Waals surface area contributed by atoms with Crippen LogP contribution in [0.25, 0.3) is 22.3 Å². The van der Waals surface area contributed by atoms with Gasteiger partial charge in [0.15, 0.2) is 0 Å². The highest BCUT2D eigenvalue weighted by atomic mass is 28.3. The van der Waals surface area contributed by atoms with E-state index in [2.05, 4.69) is 112 Å². The lowest BCUT2D eigenvalue weighted by Crippen LogP contribution is -2.42. The molecule has 0 bridgehead atoms. The van der Waals surface area contributed by atoms with Crippen LogP contribution >= 0.6 is 0 Å². The number of hydrogen-bond acceptors (Lipinski definition) is 0. The fraction of sp³-hybridized carbons (Fsp3) is 0.200. The first-order valence-corrected chi connectivity index (χ1v) is 14.5. The van der Waals surface area contributed by atoms with Crippen LogP contribution in [0.2, 0.25) is 13.1 Å². The van der Waals surface area contributed by atoms with Crippen LogP contribution in [0.15, 0.2) is 84.9 Å². The lowest BCUT2D eigenvalue weighted by atomic mass is 10.0. The second kappa shape index (κ2) is 6.55. The Bertz CT molecular complexity index is 1240. The summed E-state index contributed by atoms with van der Waals surface area (Å²) in [5.74, 6) is 0. The molecular formula is C30H28Si. The van der Waals surface area contributed by atoms with Crippen LogP contribution in [0, 0.1) is 13.8 Å². The van der Waals surface area contributed by atoms with Crippen LogP contribution < -0.4 is 0 Å². The van der Waals surface area contributed by atoms with Crippen molar-refractivity contribution >= 4 is 8.07 Å². The molecular weight excluding hydrogens is 388 g/mol. The van der Waals surface area contributed by atoms with Gasteiger partial charge in [-0.2, -0.15) is 0 Å². The minimum Gasteiger partial charge on any atom is -0.0679 e. The maximum Gasteiger partial charge on any atom is 0.0731 e. The van der Waals surface area contributed by atoms with Gasteiger partial charge in [0.25, 0.3) is 0 Å². The monoisotopic (exact) mass is 416 g/mol. The third kappa shape index (κ3) is 2.47. The Morgan fingerprint density at radius 1 is 0.484 bits per heavy atom. The fourth-order valence-corrected chi connectivity index (χ4v) is 11.2. The highest BCUT2D eigenvalue weighted by Gasteiger charge is 2.49.